The van der Waals surface area contributed by atoms with E-state index in [0.29, 0.717) is 39.7 Å². The predicted molar refractivity (Wildman–Crippen MR) is 251 cm³/mol. The molecule has 12 nitrogen and oxygen atoms in total. The molecule has 2 amide bonds. The summed E-state index contributed by atoms with van der Waals surface area (Å²) in [7, 11) is 4.30. The van der Waals surface area contributed by atoms with Crippen molar-refractivity contribution in [3.05, 3.63) is 118 Å². The molecule has 4 aromatic carbocycles. The number of rotatable bonds is 11. The molecule has 3 fully saturated rings. The summed E-state index contributed by atoms with van der Waals surface area (Å²) in [6.45, 7) is 8.13. The van der Waals surface area contributed by atoms with Crippen molar-refractivity contribution in [1.82, 2.24) is 20.2 Å². The Morgan fingerprint density at radius 1 is 0.726 bits per heavy atom. The second-order valence-corrected chi connectivity index (χ2v) is 17.3. The fourth-order valence-electron chi connectivity index (χ4n) is 8.42. The summed E-state index contributed by atoms with van der Waals surface area (Å²) in [5, 5.41) is 12.7. The molecule has 6 aromatic rings. The van der Waals surface area contributed by atoms with Crippen molar-refractivity contribution in [3.8, 4) is 11.5 Å². The number of fused-ring (bicyclic) bond motifs is 4. The van der Waals surface area contributed by atoms with Crippen molar-refractivity contribution in [3.63, 3.8) is 0 Å². The van der Waals surface area contributed by atoms with Gasteiger partial charge in [-0.1, -0.05) is 23.2 Å². The van der Waals surface area contributed by atoms with Crippen LogP contribution in [0.4, 0.5) is 23.0 Å². The molecule has 2 unspecified atom stereocenters. The zero-order chi connectivity index (χ0) is 43.3. The van der Waals surface area contributed by atoms with E-state index in [-0.39, 0.29) is 25.0 Å². The highest BCUT2D eigenvalue weighted by Crippen LogP contribution is 2.32. The second-order valence-electron chi connectivity index (χ2n) is 16.5. The summed E-state index contributed by atoms with van der Waals surface area (Å²) in [4.78, 5) is 41.5. The van der Waals surface area contributed by atoms with Crippen LogP contribution in [0.5, 0.6) is 11.5 Å². The number of nitrogens with zero attached hydrogens (tertiary/aromatic N) is 5. The van der Waals surface area contributed by atoms with Gasteiger partial charge < -0.3 is 40.1 Å². The van der Waals surface area contributed by atoms with Gasteiger partial charge in [-0.15, -0.1) is 0 Å². The molecule has 9 rings (SSSR count). The van der Waals surface area contributed by atoms with E-state index < -0.39 is 0 Å². The molecule has 3 aliphatic heterocycles. The maximum Gasteiger partial charge on any atom is 0.262 e. The molecule has 322 valence electrons. The van der Waals surface area contributed by atoms with Gasteiger partial charge in [0, 0.05) is 76.5 Å². The highest BCUT2D eigenvalue weighted by molar-refractivity contribution is 6.30. The Balaban J connectivity index is 0.000000171. The van der Waals surface area contributed by atoms with Crippen LogP contribution in [0.15, 0.2) is 97.1 Å². The van der Waals surface area contributed by atoms with Crippen molar-refractivity contribution in [2.45, 2.75) is 51.2 Å². The molecular weight excluding hydrogens is 823 g/mol. The molecule has 0 saturated carbocycles. The Bertz CT molecular complexity index is 2550. The Morgan fingerprint density at radius 3 is 1.69 bits per heavy atom. The van der Waals surface area contributed by atoms with E-state index in [1.165, 1.54) is 6.42 Å². The van der Waals surface area contributed by atoms with E-state index in [9.17, 15) is 9.59 Å². The number of aromatic nitrogens is 2. The van der Waals surface area contributed by atoms with E-state index in [4.69, 9.17) is 42.6 Å². The molecular formula is C48H52Cl2N8O4. The van der Waals surface area contributed by atoms with E-state index in [1.807, 2.05) is 36.4 Å². The maximum absolute atomic E-state index is 12.3. The lowest BCUT2D eigenvalue weighted by Gasteiger charge is -2.36. The summed E-state index contributed by atoms with van der Waals surface area (Å²) in [6, 6.07) is 31.6. The SMILES string of the molecule is Cc1cc(N2CC3CC2CN3)nc2ccc(NC(=O)COc3ccc(Cl)cc3)cc12.Cc1cc(N2CCC(N(C)C)CC2)nc2ccc(NC(=O)COc3ccc(Cl)cc3)cc12. The maximum atomic E-state index is 12.3. The van der Waals surface area contributed by atoms with Crippen LogP contribution in [0.1, 0.15) is 30.4 Å². The summed E-state index contributed by atoms with van der Waals surface area (Å²) < 4.78 is 11.0. The van der Waals surface area contributed by atoms with Gasteiger partial charge >= 0.3 is 0 Å². The van der Waals surface area contributed by atoms with Crippen LogP contribution in [-0.2, 0) is 9.59 Å². The zero-order valence-electron chi connectivity index (χ0n) is 35.5. The number of carbonyl (C=O) groups excluding carboxylic acids is 2. The van der Waals surface area contributed by atoms with Crippen molar-refractivity contribution >= 4 is 79.8 Å². The minimum absolute atomic E-state index is 0.0681. The number of hydrogen-bond acceptors (Lipinski definition) is 10. The Labute approximate surface area is 372 Å². The number of benzene rings is 4. The van der Waals surface area contributed by atoms with Gasteiger partial charge in [-0.05, 0) is 155 Å². The van der Waals surface area contributed by atoms with Gasteiger partial charge in [0.2, 0.25) is 0 Å². The Hall–Kier alpha value is -5.66. The third-order valence-electron chi connectivity index (χ3n) is 11.8. The molecule has 3 N–H and O–H groups in total. The van der Waals surface area contributed by atoms with Gasteiger partial charge in [0.15, 0.2) is 13.2 Å². The largest absolute Gasteiger partial charge is 0.484 e. The quantitative estimate of drug-likeness (QED) is 0.117. The van der Waals surface area contributed by atoms with Gasteiger partial charge in [0.1, 0.15) is 23.1 Å². The lowest BCUT2D eigenvalue weighted by atomic mass is 10.0. The van der Waals surface area contributed by atoms with Crippen LogP contribution in [-0.4, -0.2) is 98.3 Å². The van der Waals surface area contributed by atoms with Crippen LogP contribution in [0.3, 0.4) is 0 Å². The number of nitrogens with one attached hydrogen (secondary N) is 3. The monoisotopic (exact) mass is 874 g/mol. The standard InChI is InChI=1S/C25H29ClN4O2.C23H23ClN4O2/c1-17-14-24(30-12-10-20(11-13-30)29(2)3)28-23-9-6-19(15-22(17)23)27-25(31)16-32-21-7-4-18(26)5-8-21;1-14-8-22(28-12-17-9-18(28)11-25-17)27-21-7-4-16(10-20(14)21)26-23(29)13-30-19-5-2-15(24)3-6-19/h4-9,14-15,20H,10-13,16H2,1-3H3,(H,27,31);2-8,10,17-18,25H,9,11-13H2,1H3,(H,26,29). The summed E-state index contributed by atoms with van der Waals surface area (Å²) in [5.74, 6) is 2.84. The van der Waals surface area contributed by atoms with Gasteiger partial charge in [0.05, 0.1) is 11.0 Å². The molecule has 0 radical (unpaired) electrons. The molecule has 2 atom stereocenters. The van der Waals surface area contributed by atoms with Crippen LogP contribution in [0.25, 0.3) is 21.8 Å². The van der Waals surface area contributed by atoms with Crippen molar-refractivity contribution in [1.29, 1.82) is 0 Å². The van der Waals surface area contributed by atoms with Crippen molar-refractivity contribution in [2.24, 2.45) is 0 Å². The Morgan fingerprint density at radius 2 is 1.23 bits per heavy atom. The first-order valence-corrected chi connectivity index (χ1v) is 21.8. The Kier molecular flexibility index (Phi) is 13.3. The number of amides is 2. The molecule has 0 spiro atoms. The van der Waals surface area contributed by atoms with Gasteiger partial charge in [-0.2, -0.15) is 0 Å². The second kappa shape index (κ2) is 19.2. The highest BCUT2D eigenvalue weighted by atomic mass is 35.5. The van der Waals surface area contributed by atoms with Crippen LogP contribution in [0.2, 0.25) is 10.0 Å². The molecule has 14 heteroatoms. The number of hydrogen-bond donors (Lipinski definition) is 3. The third kappa shape index (κ3) is 10.5. The van der Waals surface area contributed by atoms with Crippen LogP contribution in [0, 0.1) is 13.8 Å². The smallest absolute Gasteiger partial charge is 0.262 e. The first-order chi connectivity index (χ1) is 29.9. The summed E-state index contributed by atoms with van der Waals surface area (Å²) >= 11 is 11.7. The molecule has 2 bridgehead atoms. The number of halogens is 2. The highest BCUT2D eigenvalue weighted by Gasteiger charge is 2.38. The lowest BCUT2D eigenvalue weighted by Crippen LogP contribution is -2.44. The fraction of sp³-hybridized carbons (Fsp3) is 0.333. The number of ether oxygens (including phenoxy) is 2. The fourth-order valence-corrected chi connectivity index (χ4v) is 8.68. The number of carbonyl (C=O) groups is 2. The van der Waals surface area contributed by atoms with E-state index in [2.05, 4.69) is 70.7 Å². The predicted octanol–water partition coefficient (Wildman–Crippen LogP) is 8.51. The van der Waals surface area contributed by atoms with Gasteiger partial charge in [-0.3, -0.25) is 9.59 Å². The van der Waals surface area contributed by atoms with Crippen molar-refractivity contribution < 1.29 is 19.1 Å². The first kappa shape index (κ1) is 43.0. The number of pyridine rings is 2. The molecule has 62 heavy (non-hydrogen) atoms. The van der Waals surface area contributed by atoms with E-state index in [0.717, 1.165) is 95.0 Å². The first-order valence-electron chi connectivity index (χ1n) is 21.0. The number of aryl methyl sites for hydroxylation is 2. The number of anilines is 4. The minimum atomic E-state index is -0.217. The third-order valence-corrected chi connectivity index (χ3v) is 12.3. The summed E-state index contributed by atoms with van der Waals surface area (Å²) in [6.07, 6.45) is 3.49. The zero-order valence-corrected chi connectivity index (χ0v) is 37.0. The molecule has 3 aliphatic rings. The summed E-state index contributed by atoms with van der Waals surface area (Å²) in [5.41, 5.74) is 5.63. The van der Waals surface area contributed by atoms with Crippen LogP contribution >= 0.6 is 23.2 Å². The van der Waals surface area contributed by atoms with Crippen molar-refractivity contribution in [2.75, 3.05) is 73.9 Å². The number of piperazine rings is 1. The van der Waals surface area contributed by atoms with Gasteiger partial charge in [-0.25, -0.2) is 9.97 Å². The normalized spacial score (nSPS) is 17.3. The lowest BCUT2D eigenvalue weighted by molar-refractivity contribution is -0.118. The molecule has 3 saturated heterocycles. The molecule has 2 aromatic heterocycles. The molecule has 0 aliphatic carbocycles. The average molecular weight is 876 g/mol. The minimum Gasteiger partial charge on any atom is -0.484 e. The van der Waals surface area contributed by atoms with E-state index >= 15 is 0 Å². The average Bonchev–Trinajstić information content (AvgIpc) is 3.91. The van der Waals surface area contributed by atoms with E-state index in [1.54, 1.807) is 48.5 Å². The topological polar surface area (TPSA) is 124 Å². The van der Waals surface area contributed by atoms with Gasteiger partial charge in [0.25, 0.3) is 11.8 Å². The van der Waals surface area contributed by atoms with Crippen LogP contribution < -0.4 is 35.2 Å². The number of piperidine rings is 1. The molecule has 5 heterocycles.